The quantitative estimate of drug-likeness (QED) is 0.720. The van der Waals surface area contributed by atoms with Gasteiger partial charge in [0, 0.05) is 24.7 Å². The Morgan fingerprint density at radius 1 is 1.33 bits per heavy atom. The second-order valence-corrected chi connectivity index (χ2v) is 4.21. The fraction of sp³-hybridized carbons (Fsp3) is 0.538. The highest BCUT2D eigenvalue weighted by Crippen LogP contribution is 2.26. The van der Waals surface area contributed by atoms with Gasteiger partial charge in [0.2, 0.25) is 5.95 Å². The molecule has 0 radical (unpaired) electrons. The third-order valence-corrected chi connectivity index (χ3v) is 3.26. The highest BCUT2D eigenvalue weighted by atomic mass is 19.1. The number of nitrogens with zero attached hydrogens (tertiary/aromatic N) is 3. The minimum atomic E-state index is -0.396. The maximum atomic E-state index is 14.1. The number of halogens is 1. The zero-order valence-corrected chi connectivity index (χ0v) is 11.0. The lowest BCUT2D eigenvalue weighted by Crippen LogP contribution is -2.19. The molecular weight excluding hydrogens is 233 g/mol. The van der Waals surface area contributed by atoms with Gasteiger partial charge in [-0.25, -0.2) is 4.68 Å². The smallest absolute Gasteiger partial charge is 0.279 e. The summed E-state index contributed by atoms with van der Waals surface area (Å²) in [4.78, 5) is 11.8. The molecule has 2 aromatic rings. The minimum Gasteiger partial charge on any atom is -0.321 e. The molecule has 0 saturated heterocycles. The molecular formula is C13H18FN3O. The lowest BCUT2D eigenvalue weighted by atomic mass is 10.1. The maximum Gasteiger partial charge on any atom is 0.279 e. The molecule has 0 aliphatic carbocycles. The van der Waals surface area contributed by atoms with E-state index >= 15 is 0 Å². The Hall–Kier alpha value is -1.65. The maximum absolute atomic E-state index is 14.1. The van der Waals surface area contributed by atoms with Gasteiger partial charge in [0.1, 0.15) is 5.39 Å². The van der Waals surface area contributed by atoms with E-state index in [0.717, 1.165) is 25.0 Å². The molecule has 3 rings (SSSR count). The van der Waals surface area contributed by atoms with E-state index in [1.165, 1.54) is 11.7 Å². The fourth-order valence-corrected chi connectivity index (χ4v) is 2.42. The second kappa shape index (κ2) is 4.92. The van der Waals surface area contributed by atoms with Gasteiger partial charge in [-0.3, -0.25) is 4.79 Å². The van der Waals surface area contributed by atoms with Gasteiger partial charge in [0.15, 0.2) is 0 Å². The first kappa shape index (κ1) is 12.8. The monoisotopic (exact) mass is 251 g/mol. The average molecular weight is 251 g/mol. The summed E-state index contributed by atoms with van der Waals surface area (Å²) < 4.78 is 16.9. The van der Waals surface area contributed by atoms with E-state index in [2.05, 4.69) is 5.10 Å². The Balaban J connectivity index is 0.000000574. The molecule has 5 heteroatoms. The Bertz CT molecular complexity index is 627. The van der Waals surface area contributed by atoms with Crippen LogP contribution in [0.2, 0.25) is 0 Å². The van der Waals surface area contributed by atoms with Crippen molar-refractivity contribution in [3.63, 3.8) is 0 Å². The Morgan fingerprint density at radius 3 is 2.78 bits per heavy atom. The van der Waals surface area contributed by atoms with Gasteiger partial charge in [0.05, 0.1) is 6.20 Å². The molecule has 0 bridgehead atoms. The van der Waals surface area contributed by atoms with Crippen molar-refractivity contribution in [1.82, 2.24) is 14.3 Å². The molecule has 4 nitrogen and oxygen atoms in total. The van der Waals surface area contributed by atoms with Crippen LogP contribution in [0.3, 0.4) is 0 Å². The molecule has 1 aliphatic heterocycles. The Kier molecular flexibility index (Phi) is 3.50. The highest BCUT2D eigenvalue weighted by Gasteiger charge is 2.22. The molecule has 0 unspecified atom stereocenters. The SMILES string of the molecule is CC.Cn1ncc2c3n(c(F)c2c1=O)CCCC3. The summed E-state index contributed by atoms with van der Waals surface area (Å²) in [6.07, 6.45) is 4.44. The lowest BCUT2D eigenvalue weighted by molar-refractivity contribution is 0.443. The van der Waals surface area contributed by atoms with E-state index < -0.39 is 5.95 Å². The van der Waals surface area contributed by atoms with Gasteiger partial charge in [-0.05, 0) is 19.3 Å². The molecule has 0 fully saturated rings. The van der Waals surface area contributed by atoms with E-state index in [9.17, 15) is 9.18 Å². The molecule has 3 heterocycles. The number of fused-ring (bicyclic) bond motifs is 3. The Labute approximate surface area is 105 Å². The van der Waals surface area contributed by atoms with Crippen LogP contribution in [0, 0.1) is 5.95 Å². The Morgan fingerprint density at radius 2 is 2.06 bits per heavy atom. The lowest BCUT2D eigenvalue weighted by Gasteiger charge is -2.14. The van der Waals surface area contributed by atoms with Crippen LogP contribution in [0.25, 0.3) is 10.8 Å². The predicted octanol–water partition coefficient (Wildman–Crippen LogP) is 2.24. The van der Waals surface area contributed by atoms with E-state index in [-0.39, 0.29) is 10.9 Å². The topological polar surface area (TPSA) is 39.8 Å². The van der Waals surface area contributed by atoms with Gasteiger partial charge in [-0.2, -0.15) is 9.49 Å². The number of aromatic nitrogens is 3. The molecule has 2 aromatic heterocycles. The van der Waals surface area contributed by atoms with Crippen molar-refractivity contribution >= 4 is 10.8 Å². The van der Waals surface area contributed by atoms with Crippen LogP contribution in [-0.4, -0.2) is 14.3 Å². The summed E-state index contributed by atoms with van der Waals surface area (Å²) in [5.74, 6) is -0.396. The van der Waals surface area contributed by atoms with Crippen molar-refractivity contribution in [2.24, 2.45) is 7.05 Å². The van der Waals surface area contributed by atoms with Gasteiger partial charge in [0.25, 0.3) is 5.56 Å². The third kappa shape index (κ3) is 1.74. The van der Waals surface area contributed by atoms with Crippen molar-refractivity contribution in [2.75, 3.05) is 0 Å². The third-order valence-electron chi connectivity index (χ3n) is 3.26. The largest absolute Gasteiger partial charge is 0.321 e. The first-order chi connectivity index (χ1) is 8.70. The van der Waals surface area contributed by atoms with Crippen molar-refractivity contribution < 1.29 is 4.39 Å². The first-order valence-corrected chi connectivity index (χ1v) is 6.43. The van der Waals surface area contributed by atoms with Gasteiger partial charge < -0.3 is 4.57 Å². The van der Waals surface area contributed by atoms with Crippen LogP contribution >= 0.6 is 0 Å². The minimum absolute atomic E-state index is 0.189. The average Bonchev–Trinajstić information content (AvgIpc) is 2.71. The molecule has 0 aromatic carbocycles. The second-order valence-electron chi connectivity index (χ2n) is 4.21. The normalized spacial score (nSPS) is 14.0. The summed E-state index contributed by atoms with van der Waals surface area (Å²) in [6.45, 7) is 4.67. The van der Waals surface area contributed by atoms with E-state index in [1.54, 1.807) is 10.8 Å². The number of aryl methyl sites for hydroxylation is 2. The number of hydrogen-bond donors (Lipinski definition) is 0. The number of hydrogen-bond acceptors (Lipinski definition) is 2. The first-order valence-electron chi connectivity index (χ1n) is 6.43. The van der Waals surface area contributed by atoms with Crippen LogP contribution in [-0.2, 0) is 20.0 Å². The number of rotatable bonds is 0. The predicted molar refractivity (Wildman–Crippen MR) is 69.2 cm³/mol. The summed E-state index contributed by atoms with van der Waals surface area (Å²) in [5, 5.41) is 4.82. The van der Waals surface area contributed by atoms with Crippen LogP contribution in [0.4, 0.5) is 4.39 Å². The molecule has 0 amide bonds. The summed E-state index contributed by atoms with van der Waals surface area (Å²) in [7, 11) is 1.54. The van der Waals surface area contributed by atoms with E-state index in [0.29, 0.717) is 11.9 Å². The molecule has 18 heavy (non-hydrogen) atoms. The standard InChI is InChI=1S/C11H12FN3O.C2H6/c1-14-11(16)9-7(6-13-14)8-4-2-3-5-15(8)10(9)12;1-2/h6H,2-5H2,1H3;1-2H3. The van der Waals surface area contributed by atoms with Crippen molar-refractivity contribution in [1.29, 1.82) is 0 Å². The molecule has 1 aliphatic rings. The zero-order valence-electron chi connectivity index (χ0n) is 11.0. The van der Waals surface area contributed by atoms with Crippen molar-refractivity contribution in [3.05, 3.63) is 28.2 Å². The van der Waals surface area contributed by atoms with Crippen LogP contribution in [0.15, 0.2) is 11.0 Å². The van der Waals surface area contributed by atoms with Crippen molar-refractivity contribution in [3.8, 4) is 0 Å². The molecule has 0 N–H and O–H groups in total. The zero-order chi connectivity index (χ0) is 13.3. The van der Waals surface area contributed by atoms with Gasteiger partial charge in [-0.15, -0.1) is 0 Å². The summed E-state index contributed by atoms with van der Waals surface area (Å²) >= 11 is 0. The van der Waals surface area contributed by atoms with Crippen LogP contribution in [0.5, 0.6) is 0 Å². The molecule has 0 saturated carbocycles. The molecule has 98 valence electrons. The van der Waals surface area contributed by atoms with Crippen LogP contribution < -0.4 is 5.56 Å². The summed E-state index contributed by atoms with van der Waals surface area (Å²) in [5.41, 5.74) is 0.570. The van der Waals surface area contributed by atoms with Crippen LogP contribution in [0.1, 0.15) is 32.4 Å². The summed E-state index contributed by atoms with van der Waals surface area (Å²) in [6, 6.07) is 0. The fourth-order valence-electron chi connectivity index (χ4n) is 2.42. The van der Waals surface area contributed by atoms with Gasteiger partial charge >= 0.3 is 0 Å². The molecule has 0 atom stereocenters. The van der Waals surface area contributed by atoms with Crippen molar-refractivity contribution in [2.45, 2.75) is 39.7 Å². The van der Waals surface area contributed by atoms with E-state index in [1.807, 2.05) is 13.8 Å². The highest BCUT2D eigenvalue weighted by molar-refractivity contribution is 5.84. The molecule has 0 spiro atoms. The van der Waals surface area contributed by atoms with E-state index in [4.69, 9.17) is 0 Å². The van der Waals surface area contributed by atoms with Gasteiger partial charge in [-0.1, -0.05) is 13.8 Å².